The summed E-state index contributed by atoms with van der Waals surface area (Å²) < 4.78 is 1.62. The van der Waals surface area contributed by atoms with Gasteiger partial charge in [0.1, 0.15) is 6.54 Å². The fourth-order valence-corrected chi connectivity index (χ4v) is 4.18. The average molecular weight is 380 g/mol. The molecule has 0 amide bonds. The van der Waals surface area contributed by atoms with Gasteiger partial charge in [-0.25, -0.2) is 0 Å². The van der Waals surface area contributed by atoms with Crippen LogP contribution in [-0.2, 0) is 11.3 Å². The Kier molecular flexibility index (Phi) is 4.80. The average Bonchev–Trinajstić information content (AvgIpc) is 2.57. The summed E-state index contributed by atoms with van der Waals surface area (Å²) in [5.74, 6) is -0.985. The minimum absolute atomic E-state index is 0.135. The molecule has 0 fully saturated rings. The molecule has 0 atom stereocenters. The van der Waals surface area contributed by atoms with E-state index in [1.807, 2.05) is 24.6 Å². The first-order valence-corrected chi connectivity index (χ1v) is 9.89. The maximum Gasteiger partial charge on any atom is 0.323 e. The second kappa shape index (κ2) is 6.70. The number of thioether (sulfide) groups is 2. The van der Waals surface area contributed by atoms with E-state index in [9.17, 15) is 14.7 Å². The normalized spacial score (nSPS) is 11.3. The molecule has 4 nitrogen and oxygen atoms in total. The van der Waals surface area contributed by atoms with E-state index in [4.69, 9.17) is 11.6 Å². The zero-order valence-electron chi connectivity index (χ0n) is 13.0. The van der Waals surface area contributed by atoms with Crippen molar-refractivity contribution < 1.29 is 9.90 Å². The Labute approximate surface area is 151 Å². The lowest BCUT2D eigenvalue weighted by Gasteiger charge is -2.16. The molecule has 1 heterocycles. The zero-order chi connectivity index (χ0) is 17.4. The minimum Gasteiger partial charge on any atom is -0.480 e. The molecule has 1 aromatic heterocycles. The number of carbonyl (C=O) groups is 1. The fourth-order valence-electron chi connectivity index (χ4n) is 2.77. The van der Waals surface area contributed by atoms with Gasteiger partial charge in [0, 0.05) is 20.6 Å². The van der Waals surface area contributed by atoms with E-state index >= 15 is 0 Å². The number of carboxylic acid groups (broad SMARTS) is 1. The van der Waals surface area contributed by atoms with E-state index in [-0.39, 0.29) is 12.0 Å². The van der Waals surface area contributed by atoms with Gasteiger partial charge in [0.2, 0.25) is 0 Å². The van der Waals surface area contributed by atoms with Crippen LogP contribution in [0.3, 0.4) is 0 Å². The van der Waals surface area contributed by atoms with Crippen LogP contribution >= 0.6 is 35.1 Å². The van der Waals surface area contributed by atoms with Gasteiger partial charge in [-0.3, -0.25) is 9.59 Å². The molecule has 3 aromatic rings. The Morgan fingerprint density at radius 1 is 1.17 bits per heavy atom. The van der Waals surface area contributed by atoms with Crippen LogP contribution in [0.25, 0.3) is 21.8 Å². The molecule has 0 aliphatic carbocycles. The van der Waals surface area contributed by atoms with Gasteiger partial charge in [-0.15, -0.1) is 23.5 Å². The third-order valence-corrected chi connectivity index (χ3v) is 5.85. The molecular weight excluding hydrogens is 366 g/mol. The smallest absolute Gasteiger partial charge is 0.323 e. The second-order valence-corrected chi connectivity index (χ2v) is 7.28. The van der Waals surface area contributed by atoms with Crippen LogP contribution in [0.4, 0.5) is 0 Å². The minimum atomic E-state index is -0.985. The quantitative estimate of drug-likeness (QED) is 0.539. The molecule has 0 saturated carbocycles. The highest BCUT2D eigenvalue weighted by Crippen LogP contribution is 2.34. The SMILES string of the molecule is CSc1ccc2c(=O)c3ccc(SC)c(Cl)c3n(CC(=O)O)c2c1. The summed E-state index contributed by atoms with van der Waals surface area (Å²) in [6.45, 7) is -0.261. The van der Waals surface area contributed by atoms with Crippen LogP contribution in [0.2, 0.25) is 5.02 Å². The van der Waals surface area contributed by atoms with Crippen LogP contribution in [0, 0.1) is 0 Å². The van der Waals surface area contributed by atoms with E-state index in [0.29, 0.717) is 26.8 Å². The van der Waals surface area contributed by atoms with Crippen molar-refractivity contribution in [3.8, 4) is 0 Å². The van der Waals surface area contributed by atoms with E-state index in [1.165, 1.54) is 23.5 Å². The van der Waals surface area contributed by atoms with Crippen LogP contribution < -0.4 is 5.43 Å². The lowest BCUT2D eigenvalue weighted by Crippen LogP contribution is -2.16. The van der Waals surface area contributed by atoms with Crippen molar-refractivity contribution in [3.63, 3.8) is 0 Å². The predicted molar refractivity (Wildman–Crippen MR) is 102 cm³/mol. The molecule has 2 aromatic carbocycles. The number of hydrogen-bond donors (Lipinski definition) is 1. The van der Waals surface area contributed by atoms with Crippen LogP contribution in [0.15, 0.2) is 44.9 Å². The van der Waals surface area contributed by atoms with Gasteiger partial charge in [-0.05, 0) is 42.8 Å². The molecule has 0 unspecified atom stereocenters. The third-order valence-electron chi connectivity index (χ3n) is 3.85. The molecule has 0 aliphatic heterocycles. The number of hydrogen-bond acceptors (Lipinski definition) is 4. The van der Waals surface area contributed by atoms with Gasteiger partial charge in [-0.1, -0.05) is 11.6 Å². The molecule has 0 aliphatic rings. The number of aromatic nitrogens is 1. The molecule has 24 heavy (non-hydrogen) atoms. The second-order valence-electron chi connectivity index (χ2n) is 5.17. The largest absolute Gasteiger partial charge is 0.480 e. The molecular formula is C17H14ClNO3S2. The molecule has 0 radical (unpaired) electrons. The Balaban J connectivity index is 2.58. The number of carboxylic acids is 1. The summed E-state index contributed by atoms with van der Waals surface area (Å²) in [6, 6.07) is 8.96. The van der Waals surface area contributed by atoms with Crippen molar-refractivity contribution in [3.05, 3.63) is 45.6 Å². The number of benzene rings is 2. The van der Waals surface area contributed by atoms with Gasteiger partial charge in [0.25, 0.3) is 0 Å². The highest BCUT2D eigenvalue weighted by atomic mass is 35.5. The van der Waals surface area contributed by atoms with Crippen molar-refractivity contribution in [1.82, 2.24) is 4.57 Å². The van der Waals surface area contributed by atoms with Gasteiger partial charge >= 0.3 is 5.97 Å². The molecule has 3 rings (SSSR count). The van der Waals surface area contributed by atoms with Crippen molar-refractivity contribution in [2.75, 3.05) is 12.5 Å². The Morgan fingerprint density at radius 2 is 1.88 bits per heavy atom. The number of aliphatic carboxylic acids is 1. The summed E-state index contributed by atoms with van der Waals surface area (Å²) in [5.41, 5.74) is 0.924. The standard InChI is InChI=1S/C17H14ClNO3S2/c1-23-9-3-4-10-12(7-9)19(8-14(20)21)16-11(17(10)22)5-6-13(24-2)15(16)18/h3-7H,8H2,1-2H3,(H,20,21). The predicted octanol–water partition coefficient (Wildman–Crippen LogP) is 4.34. The van der Waals surface area contributed by atoms with E-state index < -0.39 is 5.97 Å². The fraction of sp³-hybridized carbons (Fsp3) is 0.176. The lowest BCUT2D eigenvalue weighted by atomic mass is 10.1. The van der Waals surface area contributed by atoms with Gasteiger partial charge in [0.05, 0.1) is 16.1 Å². The summed E-state index contributed by atoms with van der Waals surface area (Å²) in [7, 11) is 0. The van der Waals surface area contributed by atoms with Gasteiger partial charge < -0.3 is 9.67 Å². The first kappa shape index (κ1) is 17.2. The molecule has 0 spiro atoms. The summed E-state index contributed by atoms with van der Waals surface area (Å²) in [5, 5.41) is 10.7. The highest BCUT2D eigenvalue weighted by molar-refractivity contribution is 7.98. The van der Waals surface area contributed by atoms with E-state index in [1.54, 1.807) is 22.8 Å². The van der Waals surface area contributed by atoms with Crippen molar-refractivity contribution >= 4 is 62.9 Å². The summed E-state index contributed by atoms with van der Waals surface area (Å²) in [6.07, 6.45) is 3.82. The molecule has 7 heteroatoms. The highest BCUT2D eigenvalue weighted by Gasteiger charge is 2.17. The number of nitrogens with zero attached hydrogens (tertiary/aromatic N) is 1. The number of pyridine rings is 1. The van der Waals surface area contributed by atoms with Crippen LogP contribution in [0.5, 0.6) is 0 Å². The maximum atomic E-state index is 12.8. The number of fused-ring (bicyclic) bond motifs is 2. The van der Waals surface area contributed by atoms with Crippen LogP contribution in [0.1, 0.15) is 0 Å². The Morgan fingerprint density at radius 3 is 2.50 bits per heavy atom. The van der Waals surface area contributed by atoms with Crippen molar-refractivity contribution in [1.29, 1.82) is 0 Å². The summed E-state index contributed by atoms with van der Waals surface area (Å²) in [4.78, 5) is 26.0. The van der Waals surface area contributed by atoms with Crippen molar-refractivity contribution in [2.45, 2.75) is 16.3 Å². The maximum absolute atomic E-state index is 12.8. The van der Waals surface area contributed by atoms with Gasteiger partial charge in [-0.2, -0.15) is 0 Å². The van der Waals surface area contributed by atoms with Crippen molar-refractivity contribution in [2.24, 2.45) is 0 Å². The monoisotopic (exact) mass is 379 g/mol. The van der Waals surface area contributed by atoms with E-state index in [0.717, 1.165) is 9.79 Å². The van der Waals surface area contributed by atoms with Crippen LogP contribution in [-0.4, -0.2) is 28.2 Å². The topological polar surface area (TPSA) is 59.3 Å². The molecule has 124 valence electrons. The Bertz CT molecular complexity index is 1030. The first-order chi connectivity index (χ1) is 11.5. The first-order valence-electron chi connectivity index (χ1n) is 7.06. The number of halogens is 1. The lowest BCUT2D eigenvalue weighted by molar-refractivity contribution is -0.137. The summed E-state index contributed by atoms with van der Waals surface area (Å²) >= 11 is 9.49. The Hall–Kier alpha value is -1.63. The van der Waals surface area contributed by atoms with E-state index in [2.05, 4.69) is 0 Å². The third kappa shape index (κ3) is 2.79. The molecule has 0 saturated heterocycles. The van der Waals surface area contributed by atoms with Gasteiger partial charge in [0.15, 0.2) is 5.43 Å². The number of rotatable bonds is 4. The molecule has 0 bridgehead atoms. The zero-order valence-corrected chi connectivity index (χ0v) is 15.4. The molecule has 1 N–H and O–H groups in total.